The molecule has 8 nitrogen and oxygen atoms in total. The molecule has 130 valence electrons. The zero-order valence-electron chi connectivity index (χ0n) is 13.6. The molecule has 0 aromatic heterocycles. The normalized spacial score (nSPS) is 37.7. The largest absolute Gasteiger partial charge is 0.595 e. The van der Waals surface area contributed by atoms with Gasteiger partial charge in [-0.05, 0) is 42.1 Å². The molecule has 5 rings (SSSR count). The van der Waals surface area contributed by atoms with Crippen molar-refractivity contribution < 1.29 is 20.9 Å². The zero-order valence-corrected chi connectivity index (χ0v) is 13.6. The monoisotopic (exact) mass is 334 g/mol. The smallest absolute Gasteiger partial charge is 0.195 e. The minimum atomic E-state index is -1.18. The first-order chi connectivity index (χ1) is 11.3. The zero-order chi connectivity index (χ0) is 17.3. The van der Waals surface area contributed by atoms with E-state index in [9.17, 15) is 15.6 Å². The van der Waals surface area contributed by atoms with Crippen molar-refractivity contribution in [3.05, 3.63) is 28.6 Å². The van der Waals surface area contributed by atoms with Gasteiger partial charge in [-0.15, -0.1) is 0 Å². The van der Waals surface area contributed by atoms with E-state index in [4.69, 9.17) is 5.21 Å². The fourth-order valence-electron chi connectivity index (χ4n) is 5.41. The molecule has 0 spiro atoms. The highest BCUT2D eigenvalue weighted by molar-refractivity contribution is 5.77. The van der Waals surface area contributed by atoms with Crippen molar-refractivity contribution >= 4 is 23.3 Å². The van der Waals surface area contributed by atoms with Crippen LogP contribution in [0.1, 0.15) is 26.7 Å². The summed E-state index contributed by atoms with van der Waals surface area (Å²) in [6.07, 6.45) is 4.53. The summed E-state index contributed by atoms with van der Waals surface area (Å²) in [7, 11) is 0. The van der Waals surface area contributed by atoms with Crippen LogP contribution in [0.3, 0.4) is 0 Å². The Labute approximate surface area is 139 Å². The number of nitrogens with zero attached hydrogens (tertiary/aromatic N) is 1. The molecule has 1 aromatic rings. The molecule has 24 heavy (non-hydrogen) atoms. The third-order valence-corrected chi connectivity index (χ3v) is 6.78. The Bertz CT molecular complexity index is 691. The van der Waals surface area contributed by atoms with E-state index in [-0.39, 0.29) is 22.2 Å². The van der Waals surface area contributed by atoms with Crippen LogP contribution in [0.4, 0.5) is 17.1 Å². The molecule has 8 heteroatoms. The van der Waals surface area contributed by atoms with Crippen LogP contribution in [0.2, 0.25) is 0 Å². The Morgan fingerprint density at radius 1 is 1.21 bits per heavy atom. The molecular weight excluding hydrogens is 312 g/mol. The van der Waals surface area contributed by atoms with Crippen LogP contribution in [0.5, 0.6) is 0 Å². The average Bonchev–Trinajstić information content (AvgIpc) is 2.81. The van der Waals surface area contributed by atoms with Crippen LogP contribution in [0, 0.1) is 39.0 Å². The Kier molecular flexibility index (Phi) is 3.31. The molecule has 0 aliphatic heterocycles. The number of nitrogens with one attached hydrogen (secondary N) is 3. The molecule has 5 N–H and O–H groups in total. The predicted octanol–water partition coefficient (Wildman–Crippen LogP) is 0.573. The molecule has 0 amide bonds. The van der Waals surface area contributed by atoms with E-state index in [1.54, 1.807) is 0 Å². The molecule has 4 fully saturated rings. The van der Waals surface area contributed by atoms with Gasteiger partial charge < -0.3 is 10.4 Å². The summed E-state index contributed by atoms with van der Waals surface area (Å²) in [6, 6.07) is 3.98. The first-order valence-electron chi connectivity index (χ1n) is 8.20. The fourth-order valence-corrected chi connectivity index (χ4v) is 5.41. The lowest BCUT2D eigenvalue weighted by Crippen LogP contribution is -3.00. The van der Waals surface area contributed by atoms with E-state index < -0.39 is 10.5 Å². The van der Waals surface area contributed by atoms with E-state index in [0.717, 1.165) is 23.8 Å². The number of anilines is 1. The van der Waals surface area contributed by atoms with Gasteiger partial charge in [-0.3, -0.25) is 5.43 Å². The summed E-state index contributed by atoms with van der Waals surface area (Å²) in [6.45, 7) is 4.61. The van der Waals surface area contributed by atoms with Crippen LogP contribution in [-0.4, -0.2) is 16.6 Å². The van der Waals surface area contributed by atoms with Crippen LogP contribution < -0.4 is 15.9 Å². The molecule has 4 aliphatic rings. The Morgan fingerprint density at radius 2 is 1.88 bits per heavy atom. The molecule has 6 atom stereocenters. The maximum Gasteiger partial charge on any atom is 0.195 e. The van der Waals surface area contributed by atoms with Crippen molar-refractivity contribution in [3.8, 4) is 0 Å². The number of hydrazone groups is 1. The molecule has 0 heterocycles. The second-order valence-corrected chi connectivity index (χ2v) is 7.78. The van der Waals surface area contributed by atoms with Gasteiger partial charge in [-0.2, -0.15) is 15.6 Å². The van der Waals surface area contributed by atoms with Crippen molar-refractivity contribution in [1.82, 2.24) is 0 Å². The van der Waals surface area contributed by atoms with Crippen molar-refractivity contribution in [1.29, 1.82) is 0 Å². The Morgan fingerprint density at radius 3 is 2.38 bits per heavy atom. The summed E-state index contributed by atoms with van der Waals surface area (Å²) in [4.78, 5) is 0. The van der Waals surface area contributed by atoms with Gasteiger partial charge in [0.25, 0.3) is 0 Å². The molecular formula is C16H22N4O4. The number of quaternary nitrogens is 2. The summed E-state index contributed by atoms with van der Waals surface area (Å²) >= 11 is 0. The number of rotatable bonds is 5. The minimum Gasteiger partial charge on any atom is -0.595 e. The number of hydrogen-bond acceptors (Lipinski definition) is 6. The van der Waals surface area contributed by atoms with Crippen LogP contribution in [0.25, 0.3) is 0 Å². The first kappa shape index (κ1) is 15.9. The maximum atomic E-state index is 11.4. The van der Waals surface area contributed by atoms with Crippen molar-refractivity contribution in [2.75, 3.05) is 5.43 Å². The van der Waals surface area contributed by atoms with Gasteiger partial charge in [-0.25, -0.2) is 10.4 Å². The standard InChI is InChI=1S/C16H22N4O4/c1-15(2)9-5-11-12(6-9)16(11,15)8-17-18-13-4-3-10(19(21)22)7-14(13)20(23)24/h3-4,7-9,11-12,18-21,23H,5-6H2,1-2H3/t9?,11-,12+,16?. The maximum absolute atomic E-state index is 11.4. The summed E-state index contributed by atoms with van der Waals surface area (Å²) in [5.74, 6) is 2.20. The van der Waals surface area contributed by atoms with Crippen molar-refractivity contribution in [2.24, 2.45) is 33.7 Å². The highest BCUT2D eigenvalue weighted by Gasteiger charge is 2.81. The molecule has 0 saturated heterocycles. The Balaban J connectivity index is 1.55. The molecule has 4 unspecified atom stereocenters. The summed E-state index contributed by atoms with van der Waals surface area (Å²) in [5, 5.41) is 42.6. The van der Waals surface area contributed by atoms with Crippen LogP contribution in [0.15, 0.2) is 23.3 Å². The lowest BCUT2D eigenvalue weighted by atomic mass is 9.76. The van der Waals surface area contributed by atoms with E-state index in [1.165, 1.54) is 25.0 Å². The Hall–Kier alpha value is -1.55. The third kappa shape index (κ3) is 1.92. The quantitative estimate of drug-likeness (QED) is 0.398. The topological polar surface area (TPSA) is 120 Å². The predicted molar refractivity (Wildman–Crippen MR) is 86.0 cm³/mol. The summed E-state index contributed by atoms with van der Waals surface area (Å²) in [5.41, 5.74) is 3.37. The van der Waals surface area contributed by atoms with E-state index in [2.05, 4.69) is 24.4 Å². The van der Waals surface area contributed by atoms with Crippen molar-refractivity contribution in [3.63, 3.8) is 0 Å². The molecule has 4 saturated carbocycles. The van der Waals surface area contributed by atoms with Gasteiger partial charge in [-0.1, -0.05) is 13.8 Å². The second kappa shape index (κ2) is 4.98. The SMILES string of the molecule is CC1(C)C2C[C@@H]3[C@H](C2)C31C=NNc1ccc([NH+]([O-])O)cc1[NH+]([O-])O. The van der Waals surface area contributed by atoms with Gasteiger partial charge in [0, 0.05) is 17.7 Å². The van der Waals surface area contributed by atoms with Gasteiger partial charge in [0.05, 0.1) is 6.07 Å². The second-order valence-electron chi connectivity index (χ2n) is 7.78. The molecule has 4 bridgehead atoms. The lowest BCUT2D eigenvalue weighted by molar-refractivity contribution is -0.996. The number of hydrogen-bond donors (Lipinski definition) is 5. The van der Waals surface area contributed by atoms with E-state index in [0.29, 0.717) is 5.69 Å². The number of benzene rings is 1. The van der Waals surface area contributed by atoms with Crippen molar-refractivity contribution in [2.45, 2.75) is 26.7 Å². The van der Waals surface area contributed by atoms with Gasteiger partial charge in [0.15, 0.2) is 11.4 Å². The van der Waals surface area contributed by atoms with Crippen LogP contribution in [-0.2, 0) is 0 Å². The minimum absolute atomic E-state index is 0.0551. The van der Waals surface area contributed by atoms with Crippen LogP contribution >= 0.6 is 0 Å². The highest BCUT2D eigenvalue weighted by Crippen LogP contribution is 2.85. The molecule has 1 aromatic carbocycles. The van der Waals surface area contributed by atoms with Gasteiger partial charge in [0.1, 0.15) is 5.69 Å². The summed E-state index contributed by atoms with van der Waals surface area (Å²) < 4.78 is 0. The average molecular weight is 334 g/mol. The molecule has 4 aliphatic carbocycles. The van der Waals surface area contributed by atoms with E-state index in [1.807, 2.05) is 6.21 Å². The first-order valence-corrected chi connectivity index (χ1v) is 8.20. The lowest BCUT2D eigenvalue weighted by Gasteiger charge is -2.29. The van der Waals surface area contributed by atoms with Gasteiger partial charge >= 0.3 is 0 Å². The molecule has 0 radical (unpaired) electrons. The third-order valence-electron chi connectivity index (χ3n) is 6.78. The van der Waals surface area contributed by atoms with E-state index >= 15 is 0 Å². The van der Waals surface area contributed by atoms with Gasteiger partial charge in [0.2, 0.25) is 0 Å². The fraction of sp³-hybridized carbons (Fsp3) is 0.562. The highest BCUT2D eigenvalue weighted by atomic mass is 16.8.